The van der Waals surface area contributed by atoms with Gasteiger partial charge in [0.1, 0.15) is 0 Å². The lowest BCUT2D eigenvalue weighted by molar-refractivity contribution is -0.0515. The molecule has 1 aromatic heterocycles. The SMILES string of the molecule is CC.CN(C)CN1CCN(C(=O)c2nc(-c3ccc(OC(F)F)c(OCC4CC4)c3)oc2CN)CC1. The van der Waals surface area contributed by atoms with Gasteiger partial charge in [-0.15, -0.1) is 0 Å². The molecule has 1 aliphatic heterocycles. The zero-order valence-corrected chi connectivity index (χ0v) is 21.5. The maximum Gasteiger partial charge on any atom is 0.387 e. The van der Waals surface area contributed by atoms with E-state index in [4.69, 9.17) is 14.9 Å². The number of nitrogens with two attached hydrogens (primary N) is 1. The molecule has 1 saturated carbocycles. The highest BCUT2D eigenvalue weighted by molar-refractivity contribution is 5.94. The lowest BCUT2D eigenvalue weighted by atomic mass is 10.2. The van der Waals surface area contributed by atoms with Gasteiger partial charge in [0.05, 0.1) is 19.8 Å². The second kappa shape index (κ2) is 13.0. The van der Waals surface area contributed by atoms with Gasteiger partial charge >= 0.3 is 6.61 Å². The Bertz CT molecular complexity index is 989. The predicted octanol–water partition coefficient (Wildman–Crippen LogP) is 3.49. The molecule has 1 aromatic carbocycles. The van der Waals surface area contributed by atoms with Gasteiger partial charge in [0, 0.05) is 31.7 Å². The number of alkyl halides is 2. The third-order valence-corrected chi connectivity index (χ3v) is 5.81. The lowest BCUT2D eigenvalue weighted by Gasteiger charge is -2.35. The molecule has 2 aliphatic rings. The van der Waals surface area contributed by atoms with E-state index < -0.39 is 6.61 Å². The van der Waals surface area contributed by atoms with E-state index in [0.29, 0.717) is 31.2 Å². The first-order valence-corrected chi connectivity index (χ1v) is 12.4. The number of rotatable bonds is 10. The molecule has 4 rings (SSSR count). The topological polar surface area (TPSA) is 97.3 Å². The minimum Gasteiger partial charge on any atom is -0.489 e. The van der Waals surface area contributed by atoms with E-state index in [1.165, 1.54) is 6.07 Å². The number of nitrogens with zero attached hydrogens (tertiary/aromatic N) is 4. The summed E-state index contributed by atoms with van der Waals surface area (Å²) in [7, 11) is 4.02. The fourth-order valence-electron chi connectivity index (χ4n) is 3.86. The Morgan fingerprint density at radius 3 is 2.47 bits per heavy atom. The van der Waals surface area contributed by atoms with Gasteiger partial charge in [0.15, 0.2) is 23.0 Å². The summed E-state index contributed by atoms with van der Waals surface area (Å²) in [5.74, 6) is 0.775. The van der Waals surface area contributed by atoms with Crippen LogP contribution in [0, 0.1) is 5.92 Å². The smallest absolute Gasteiger partial charge is 0.387 e. The Balaban J connectivity index is 0.00000176. The summed E-state index contributed by atoms with van der Waals surface area (Å²) >= 11 is 0. The third kappa shape index (κ3) is 7.37. The first kappa shape index (κ1) is 27.8. The molecule has 0 spiro atoms. The largest absolute Gasteiger partial charge is 0.489 e. The lowest BCUT2D eigenvalue weighted by Crippen LogP contribution is -2.50. The van der Waals surface area contributed by atoms with Crippen molar-refractivity contribution in [3.05, 3.63) is 29.7 Å². The van der Waals surface area contributed by atoms with Crippen LogP contribution in [0.15, 0.2) is 22.6 Å². The molecule has 2 heterocycles. The van der Waals surface area contributed by atoms with Crippen molar-refractivity contribution in [3.8, 4) is 23.0 Å². The molecule has 1 saturated heterocycles. The molecular formula is C25H37F2N5O4. The van der Waals surface area contributed by atoms with Crippen LogP contribution in [0.25, 0.3) is 11.5 Å². The van der Waals surface area contributed by atoms with Crippen molar-refractivity contribution in [2.24, 2.45) is 11.7 Å². The van der Waals surface area contributed by atoms with Crippen LogP contribution in [0.1, 0.15) is 42.9 Å². The van der Waals surface area contributed by atoms with Crippen molar-refractivity contribution >= 4 is 5.91 Å². The average molecular weight is 510 g/mol. The van der Waals surface area contributed by atoms with Gasteiger partial charge in [-0.1, -0.05) is 13.8 Å². The number of carbonyl (C=O) groups excluding carboxylic acids is 1. The highest BCUT2D eigenvalue weighted by atomic mass is 19.3. The molecule has 0 unspecified atom stereocenters. The average Bonchev–Trinajstić information content (AvgIpc) is 3.60. The van der Waals surface area contributed by atoms with Gasteiger partial charge < -0.3 is 24.5 Å². The van der Waals surface area contributed by atoms with Gasteiger partial charge in [-0.25, -0.2) is 4.98 Å². The predicted molar refractivity (Wildman–Crippen MR) is 132 cm³/mol. The summed E-state index contributed by atoms with van der Waals surface area (Å²) in [6, 6.07) is 4.48. The minimum absolute atomic E-state index is 0.00623. The van der Waals surface area contributed by atoms with Crippen molar-refractivity contribution in [3.63, 3.8) is 0 Å². The third-order valence-electron chi connectivity index (χ3n) is 5.81. The number of ether oxygens (including phenoxy) is 2. The van der Waals surface area contributed by atoms with Crippen molar-refractivity contribution in [1.82, 2.24) is 19.7 Å². The minimum atomic E-state index is -2.97. The highest BCUT2D eigenvalue weighted by Gasteiger charge is 2.28. The maximum atomic E-state index is 13.2. The van der Waals surface area contributed by atoms with Crippen LogP contribution < -0.4 is 15.2 Å². The van der Waals surface area contributed by atoms with Crippen LogP contribution >= 0.6 is 0 Å². The maximum absolute atomic E-state index is 13.2. The van der Waals surface area contributed by atoms with Gasteiger partial charge in [-0.2, -0.15) is 8.78 Å². The van der Waals surface area contributed by atoms with E-state index in [9.17, 15) is 13.6 Å². The molecular weight excluding hydrogens is 472 g/mol. The normalized spacial score (nSPS) is 16.2. The van der Waals surface area contributed by atoms with Crippen LogP contribution in [-0.2, 0) is 6.54 Å². The fourth-order valence-corrected chi connectivity index (χ4v) is 3.86. The van der Waals surface area contributed by atoms with E-state index in [0.717, 1.165) is 32.6 Å². The molecule has 2 N–H and O–H groups in total. The Hall–Kier alpha value is -2.76. The zero-order chi connectivity index (χ0) is 26.2. The summed E-state index contributed by atoms with van der Waals surface area (Å²) in [6.45, 7) is 4.98. The summed E-state index contributed by atoms with van der Waals surface area (Å²) in [5, 5.41) is 0. The molecule has 36 heavy (non-hydrogen) atoms. The van der Waals surface area contributed by atoms with Crippen LogP contribution in [0.3, 0.4) is 0 Å². The Kier molecular flexibility index (Phi) is 10.0. The standard InChI is InChI=1S/C23H31F2N5O4.C2H6/c1-28(2)14-29-7-9-30(10-8-29)22(31)20-19(12-26)33-21(27-20)16-5-6-17(34-23(24)25)18(11-16)32-13-15-3-4-15;1-2/h5-6,11,15,23H,3-4,7-10,12-14,26H2,1-2H3;1-2H3. The van der Waals surface area contributed by atoms with E-state index >= 15 is 0 Å². The van der Waals surface area contributed by atoms with Crippen molar-refractivity contribution in [2.45, 2.75) is 39.8 Å². The van der Waals surface area contributed by atoms with E-state index in [-0.39, 0.29) is 41.3 Å². The number of aromatic nitrogens is 1. The number of hydrogen-bond donors (Lipinski definition) is 1. The summed E-state index contributed by atoms with van der Waals surface area (Å²) < 4.78 is 41.8. The van der Waals surface area contributed by atoms with Crippen LogP contribution in [0.5, 0.6) is 11.5 Å². The van der Waals surface area contributed by atoms with E-state index in [2.05, 4.69) is 19.5 Å². The first-order valence-electron chi connectivity index (χ1n) is 12.4. The van der Waals surface area contributed by atoms with Crippen LogP contribution in [0.2, 0.25) is 0 Å². The number of halogens is 2. The molecule has 0 radical (unpaired) electrons. The number of hydrogen-bond acceptors (Lipinski definition) is 8. The van der Waals surface area contributed by atoms with E-state index in [1.807, 2.05) is 27.9 Å². The number of benzene rings is 1. The first-order chi connectivity index (χ1) is 17.3. The zero-order valence-electron chi connectivity index (χ0n) is 21.5. The second-order valence-corrected chi connectivity index (χ2v) is 8.92. The molecule has 11 heteroatoms. The number of piperazine rings is 1. The summed E-state index contributed by atoms with van der Waals surface area (Å²) in [5.41, 5.74) is 6.49. The van der Waals surface area contributed by atoms with Crippen LogP contribution in [0.4, 0.5) is 8.78 Å². The molecule has 1 aliphatic carbocycles. The summed E-state index contributed by atoms with van der Waals surface area (Å²) in [6.07, 6.45) is 2.11. The van der Waals surface area contributed by atoms with E-state index in [1.54, 1.807) is 17.0 Å². The van der Waals surface area contributed by atoms with Gasteiger partial charge in [0.2, 0.25) is 5.89 Å². The second-order valence-electron chi connectivity index (χ2n) is 8.92. The molecule has 1 amide bonds. The summed E-state index contributed by atoms with van der Waals surface area (Å²) in [4.78, 5) is 23.7. The van der Waals surface area contributed by atoms with Gasteiger partial charge in [-0.05, 0) is 51.1 Å². The molecule has 0 atom stereocenters. The van der Waals surface area contributed by atoms with Gasteiger partial charge in [0.25, 0.3) is 5.91 Å². The molecule has 200 valence electrons. The Morgan fingerprint density at radius 2 is 1.89 bits per heavy atom. The fraction of sp³-hybridized carbons (Fsp3) is 0.600. The van der Waals surface area contributed by atoms with Crippen molar-refractivity contribution in [2.75, 3.05) is 53.5 Å². The number of carbonyl (C=O) groups is 1. The molecule has 2 fully saturated rings. The quantitative estimate of drug-likeness (QED) is 0.520. The Morgan fingerprint density at radius 1 is 1.19 bits per heavy atom. The van der Waals surface area contributed by atoms with Crippen molar-refractivity contribution in [1.29, 1.82) is 0 Å². The molecule has 0 bridgehead atoms. The van der Waals surface area contributed by atoms with Crippen molar-refractivity contribution < 1.29 is 27.5 Å². The number of amides is 1. The molecule has 9 nitrogen and oxygen atoms in total. The van der Waals surface area contributed by atoms with Gasteiger partial charge in [-0.3, -0.25) is 14.6 Å². The molecule has 2 aromatic rings. The Labute approximate surface area is 211 Å². The highest BCUT2D eigenvalue weighted by Crippen LogP contribution is 2.36. The number of oxazole rings is 1. The van der Waals surface area contributed by atoms with Crippen LogP contribution in [-0.4, -0.2) is 85.8 Å². The monoisotopic (exact) mass is 509 g/mol.